The van der Waals surface area contributed by atoms with Gasteiger partial charge in [-0.2, -0.15) is 0 Å². The van der Waals surface area contributed by atoms with Crippen LogP contribution in [0.15, 0.2) is 72.0 Å². The number of benzene rings is 2. The molecule has 0 radical (unpaired) electrons. The van der Waals surface area contributed by atoms with E-state index < -0.39 is 55.2 Å². The average molecular weight is 555 g/mol. The fourth-order valence-corrected chi connectivity index (χ4v) is 6.47. The molecule has 1 N–H and O–H groups in total. The van der Waals surface area contributed by atoms with Gasteiger partial charge in [0.1, 0.15) is 30.5 Å². The molecule has 10 heteroatoms. The van der Waals surface area contributed by atoms with Gasteiger partial charge in [0.05, 0.1) is 13.2 Å². The zero-order chi connectivity index (χ0) is 27.3. The molecule has 0 aromatic heterocycles. The molecular formula is C30H34O10. The van der Waals surface area contributed by atoms with Crippen molar-refractivity contribution >= 4 is 0 Å². The fourth-order valence-electron chi connectivity index (χ4n) is 6.47. The number of rotatable bonds is 4. The first kappa shape index (κ1) is 26.5. The van der Waals surface area contributed by atoms with Gasteiger partial charge in [0.15, 0.2) is 30.2 Å². The molecule has 0 aliphatic carbocycles. The smallest absolute Gasteiger partial charge is 0.216 e. The molecule has 10 nitrogen and oxygen atoms in total. The summed E-state index contributed by atoms with van der Waals surface area (Å²) < 4.78 is 55.5. The van der Waals surface area contributed by atoms with Crippen LogP contribution >= 0.6 is 0 Å². The summed E-state index contributed by atoms with van der Waals surface area (Å²) >= 11 is 0. The van der Waals surface area contributed by atoms with E-state index in [9.17, 15) is 5.11 Å². The van der Waals surface area contributed by atoms with Gasteiger partial charge in [-0.25, -0.2) is 0 Å². The molecule has 5 aliphatic heterocycles. The second-order valence-corrected chi connectivity index (χ2v) is 10.7. The Labute approximate surface area is 232 Å². The van der Waals surface area contributed by atoms with E-state index in [0.29, 0.717) is 25.2 Å². The van der Waals surface area contributed by atoms with Crippen LogP contribution < -0.4 is 0 Å². The first-order valence-corrected chi connectivity index (χ1v) is 13.7. The number of methoxy groups -OCH3 is 2. The van der Waals surface area contributed by atoms with E-state index in [2.05, 4.69) is 0 Å². The largest absolute Gasteiger partial charge is 0.480 e. The van der Waals surface area contributed by atoms with Crippen molar-refractivity contribution in [2.24, 2.45) is 0 Å². The molecule has 5 heterocycles. The summed E-state index contributed by atoms with van der Waals surface area (Å²) in [5.41, 5.74) is 1.54. The van der Waals surface area contributed by atoms with E-state index in [4.69, 9.17) is 42.6 Å². The Hall–Kier alpha value is -2.38. The van der Waals surface area contributed by atoms with Crippen LogP contribution in [0.2, 0.25) is 0 Å². The van der Waals surface area contributed by atoms with Crippen molar-refractivity contribution in [1.82, 2.24) is 0 Å². The van der Waals surface area contributed by atoms with Crippen molar-refractivity contribution in [3.05, 3.63) is 83.1 Å². The molecule has 3 fully saturated rings. The summed E-state index contributed by atoms with van der Waals surface area (Å²) in [6, 6.07) is 19.5. The topological polar surface area (TPSA) is 103 Å². The van der Waals surface area contributed by atoms with E-state index in [1.54, 1.807) is 7.11 Å². The Morgan fingerprint density at radius 1 is 0.775 bits per heavy atom. The standard InChI is InChI=1S/C30H34O10/c1-32-28-23-19(22-20(36-28)15-34-26(38-22)17-9-5-3-6-10-17)13-14-30(40-23)24(31)29(33-2)37-21-16-35-27(39-25(21)30)18-11-7-4-8-12-18/h3-12,20-22,24-29,31H,13-16H2,1-2H3/t20-,21-,22+,24?,25+,26-,27+,28+,29-,30-/m1/s1. The third kappa shape index (κ3) is 4.39. The summed E-state index contributed by atoms with van der Waals surface area (Å²) in [4.78, 5) is 0. The van der Waals surface area contributed by atoms with Crippen molar-refractivity contribution in [3.63, 3.8) is 0 Å². The Balaban J connectivity index is 1.23. The molecule has 40 heavy (non-hydrogen) atoms. The van der Waals surface area contributed by atoms with E-state index in [0.717, 1.165) is 16.7 Å². The Morgan fingerprint density at radius 2 is 1.43 bits per heavy atom. The van der Waals surface area contributed by atoms with Gasteiger partial charge in [-0.3, -0.25) is 0 Å². The number of fused-ring (bicyclic) bond motifs is 4. The Morgan fingerprint density at radius 3 is 2.08 bits per heavy atom. The summed E-state index contributed by atoms with van der Waals surface area (Å²) in [5, 5.41) is 11.7. The minimum absolute atomic E-state index is 0.252. The van der Waals surface area contributed by atoms with Gasteiger partial charge in [0.25, 0.3) is 0 Å². The molecule has 1 unspecified atom stereocenters. The molecule has 0 bridgehead atoms. The lowest BCUT2D eigenvalue weighted by molar-refractivity contribution is -0.393. The highest BCUT2D eigenvalue weighted by molar-refractivity contribution is 5.28. The van der Waals surface area contributed by atoms with Crippen LogP contribution in [0.25, 0.3) is 0 Å². The molecule has 3 saturated heterocycles. The maximum absolute atomic E-state index is 11.7. The Bertz CT molecular complexity index is 1210. The normalized spacial score (nSPS) is 41.0. The number of aliphatic hydroxyl groups is 1. The summed E-state index contributed by atoms with van der Waals surface area (Å²) in [7, 11) is 3.06. The van der Waals surface area contributed by atoms with E-state index in [-0.39, 0.29) is 12.7 Å². The molecule has 5 aliphatic rings. The number of aliphatic hydroxyl groups excluding tert-OH is 1. The molecule has 7 rings (SSSR count). The molecule has 0 amide bonds. The van der Waals surface area contributed by atoms with Crippen LogP contribution in [0.4, 0.5) is 0 Å². The molecule has 0 saturated carbocycles. The van der Waals surface area contributed by atoms with Crippen molar-refractivity contribution in [1.29, 1.82) is 0 Å². The van der Waals surface area contributed by atoms with Gasteiger partial charge in [-0.15, -0.1) is 0 Å². The zero-order valence-corrected chi connectivity index (χ0v) is 22.4. The molecule has 214 valence electrons. The molecule has 1 spiro atoms. The highest BCUT2D eigenvalue weighted by Crippen LogP contribution is 2.51. The predicted molar refractivity (Wildman–Crippen MR) is 137 cm³/mol. The Kier molecular flexibility index (Phi) is 7.15. The zero-order valence-electron chi connectivity index (χ0n) is 22.4. The van der Waals surface area contributed by atoms with E-state index in [1.165, 1.54) is 7.11 Å². The first-order chi connectivity index (χ1) is 19.6. The third-order valence-corrected chi connectivity index (χ3v) is 8.44. The number of ether oxygens (including phenoxy) is 9. The highest BCUT2D eigenvalue weighted by atomic mass is 16.8. The summed E-state index contributed by atoms with van der Waals surface area (Å²) in [6.45, 7) is 0.597. The van der Waals surface area contributed by atoms with Crippen molar-refractivity contribution in [2.75, 3.05) is 27.4 Å². The SMILES string of the molecule is CO[C@H]1O[C@@H]2CO[C@@H](c3ccccc3)O[C@H]2C2=C1O[C@]1(CC2)C(O)[C@H](OC)O[C@@H]2CO[C@H](c3ccccc3)O[C@@H]21. The van der Waals surface area contributed by atoms with Gasteiger partial charge in [-0.05, 0) is 12.8 Å². The fraction of sp³-hybridized carbons (Fsp3) is 0.533. The number of hydrogen-bond acceptors (Lipinski definition) is 10. The minimum Gasteiger partial charge on any atom is -0.480 e. The first-order valence-electron chi connectivity index (χ1n) is 13.7. The minimum atomic E-state index is -1.20. The van der Waals surface area contributed by atoms with Gasteiger partial charge in [-0.1, -0.05) is 60.7 Å². The van der Waals surface area contributed by atoms with Crippen LogP contribution in [-0.4, -0.2) is 81.2 Å². The predicted octanol–water partition coefficient (Wildman–Crippen LogP) is 3.12. The van der Waals surface area contributed by atoms with Crippen LogP contribution in [0.1, 0.15) is 36.5 Å². The summed E-state index contributed by atoms with van der Waals surface area (Å²) in [6.07, 6.45) is -4.95. The van der Waals surface area contributed by atoms with Gasteiger partial charge in [0, 0.05) is 30.9 Å². The third-order valence-electron chi connectivity index (χ3n) is 8.44. The van der Waals surface area contributed by atoms with Crippen LogP contribution in [0.3, 0.4) is 0 Å². The summed E-state index contributed by atoms with van der Waals surface area (Å²) in [5.74, 6) is 0.490. The van der Waals surface area contributed by atoms with Crippen molar-refractivity contribution < 1.29 is 47.7 Å². The van der Waals surface area contributed by atoms with Crippen LogP contribution in [0, 0.1) is 0 Å². The van der Waals surface area contributed by atoms with Gasteiger partial charge >= 0.3 is 0 Å². The molecule has 2 aromatic carbocycles. The highest BCUT2D eigenvalue weighted by Gasteiger charge is 2.64. The van der Waals surface area contributed by atoms with E-state index >= 15 is 0 Å². The lowest BCUT2D eigenvalue weighted by Crippen LogP contribution is -2.71. The lowest BCUT2D eigenvalue weighted by atomic mass is 9.75. The van der Waals surface area contributed by atoms with Gasteiger partial charge < -0.3 is 47.7 Å². The van der Waals surface area contributed by atoms with Crippen LogP contribution in [-0.2, 0) is 42.6 Å². The molecule has 10 atom stereocenters. The lowest BCUT2D eigenvalue weighted by Gasteiger charge is -2.57. The monoisotopic (exact) mass is 554 g/mol. The molecular weight excluding hydrogens is 520 g/mol. The average Bonchev–Trinajstić information content (AvgIpc) is 3.02. The number of hydrogen-bond donors (Lipinski definition) is 1. The van der Waals surface area contributed by atoms with E-state index in [1.807, 2.05) is 60.7 Å². The second kappa shape index (κ2) is 10.8. The second-order valence-electron chi connectivity index (χ2n) is 10.7. The molecule has 2 aromatic rings. The van der Waals surface area contributed by atoms with Gasteiger partial charge in [0.2, 0.25) is 6.29 Å². The maximum Gasteiger partial charge on any atom is 0.216 e. The van der Waals surface area contributed by atoms with Crippen molar-refractivity contribution in [3.8, 4) is 0 Å². The van der Waals surface area contributed by atoms with Crippen molar-refractivity contribution in [2.45, 2.75) is 74.1 Å². The quantitative estimate of drug-likeness (QED) is 0.607. The van der Waals surface area contributed by atoms with Crippen LogP contribution in [0.5, 0.6) is 0 Å². The maximum atomic E-state index is 11.7.